The van der Waals surface area contributed by atoms with Crippen LogP contribution >= 0.6 is 0 Å². The molecule has 0 bridgehead atoms. The van der Waals surface area contributed by atoms with Crippen LogP contribution in [0, 0.1) is 13.8 Å². The number of ether oxygens (including phenoxy) is 1. The molecule has 0 aliphatic rings. The second-order valence-corrected chi connectivity index (χ2v) is 3.06. The van der Waals surface area contributed by atoms with Crippen LogP contribution in [0.5, 0.6) is 5.88 Å². The lowest BCUT2D eigenvalue weighted by Crippen LogP contribution is -2.05. The molecule has 0 saturated heterocycles. The Labute approximate surface area is 83.2 Å². The number of aryl methyl sites for hydroxylation is 2. The zero-order valence-corrected chi connectivity index (χ0v) is 8.41. The van der Waals surface area contributed by atoms with Crippen LogP contribution in [0.3, 0.4) is 0 Å². The summed E-state index contributed by atoms with van der Waals surface area (Å²) in [5, 5.41) is 19.3. The number of hydrogen-bond acceptors (Lipinski definition) is 3. The van der Waals surface area contributed by atoms with Crippen LogP contribution < -0.4 is 4.74 Å². The minimum absolute atomic E-state index is 0.0386. The van der Waals surface area contributed by atoms with Crippen molar-refractivity contribution in [1.29, 1.82) is 0 Å². The van der Waals surface area contributed by atoms with Gasteiger partial charge in [0.2, 0.25) is 5.88 Å². The van der Waals surface area contributed by atoms with E-state index in [2.05, 4.69) is 4.98 Å². The van der Waals surface area contributed by atoms with Crippen molar-refractivity contribution in [1.82, 2.24) is 4.98 Å². The third-order valence-electron chi connectivity index (χ3n) is 2.02. The topological polar surface area (TPSA) is 62.2 Å². The molecule has 0 atom stereocenters. The van der Waals surface area contributed by atoms with Gasteiger partial charge < -0.3 is 9.84 Å². The quantitative estimate of drug-likeness (QED) is 0.781. The van der Waals surface area contributed by atoms with Crippen molar-refractivity contribution in [2.24, 2.45) is 0 Å². The molecular weight excluding hydrogens is 182 g/mol. The van der Waals surface area contributed by atoms with Crippen molar-refractivity contribution in [3.8, 4) is 5.88 Å². The highest BCUT2D eigenvalue weighted by Gasteiger charge is 2.06. The highest BCUT2D eigenvalue weighted by atomic mass is 16.5. The molecule has 4 nitrogen and oxygen atoms in total. The predicted octanol–water partition coefficient (Wildman–Crippen LogP) is 1.00. The maximum absolute atomic E-state index is 10.8. The summed E-state index contributed by atoms with van der Waals surface area (Å²) in [6, 6.07) is 1.72. The summed E-state index contributed by atoms with van der Waals surface area (Å²) < 4.78 is 5.15. The number of nitrogens with zero attached hydrogens (tertiary/aromatic N) is 1. The Morgan fingerprint density at radius 1 is 1.50 bits per heavy atom. The van der Waals surface area contributed by atoms with Gasteiger partial charge in [-0.2, -0.15) is 0 Å². The second-order valence-electron chi connectivity index (χ2n) is 3.06. The van der Waals surface area contributed by atoms with Crippen LogP contribution in [0.15, 0.2) is 6.07 Å². The number of aromatic nitrogens is 1. The zero-order valence-electron chi connectivity index (χ0n) is 8.41. The predicted molar refractivity (Wildman–Crippen MR) is 50.7 cm³/mol. The van der Waals surface area contributed by atoms with Gasteiger partial charge in [-0.15, -0.1) is 0 Å². The molecule has 0 saturated carbocycles. The Hall–Kier alpha value is -1.13. The number of hydrogen-bond donors (Lipinski definition) is 1. The zero-order chi connectivity index (χ0) is 10.6. The van der Waals surface area contributed by atoms with E-state index in [-0.39, 0.29) is 19.8 Å². The molecule has 1 rings (SSSR count). The molecule has 0 spiro atoms. The molecular formula is C10H14NO3. The molecule has 77 valence electrons. The first-order valence-electron chi connectivity index (χ1n) is 4.48. The molecule has 1 heterocycles. The number of aliphatic hydroxyl groups excluding tert-OH is 1. The molecule has 0 fully saturated rings. The minimum Gasteiger partial charge on any atom is -0.475 e. The van der Waals surface area contributed by atoms with Gasteiger partial charge in [-0.25, -0.2) is 10.1 Å². The summed E-state index contributed by atoms with van der Waals surface area (Å²) in [5.74, 6) is 0.464. The first kappa shape index (κ1) is 10.9. The molecule has 0 unspecified atom stereocenters. The van der Waals surface area contributed by atoms with Crippen molar-refractivity contribution in [2.45, 2.75) is 20.5 Å². The smallest absolute Gasteiger partial charge is 0.213 e. The Balaban J connectivity index is 2.90. The van der Waals surface area contributed by atoms with Gasteiger partial charge in [0.05, 0.1) is 6.61 Å². The number of pyridine rings is 1. The standard InChI is InChI=1S/C10H14NO3/c1-7-5-10(14-4-3-12)11-8(2)9(7)6-13/h5,12H,3-4,6H2,1-2H3. The van der Waals surface area contributed by atoms with Crippen molar-refractivity contribution in [2.75, 3.05) is 13.2 Å². The van der Waals surface area contributed by atoms with E-state index in [0.717, 1.165) is 11.1 Å². The highest BCUT2D eigenvalue weighted by molar-refractivity contribution is 5.32. The first-order valence-corrected chi connectivity index (χ1v) is 4.48. The monoisotopic (exact) mass is 196 g/mol. The summed E-state index contributed by atoms with van der Waals surface area (Å²) in [7, 11) is 0. The normalized spacial score (nSPS) is 10.3. The molecule has 0 amide bonds. The maximum atomic E-state index is 10.8. The van der Waals surface area contributed by atoms with E-state index in [1.54, 1.807) is 13.0 Å². The van der Waals surface area contributed by atoms with Crippen LogP contribution in [0.2, 0.25) is 0 Å². The molecule has 0 aliphatic heterocycles. The van der Waals surface area contributed by atoms with Gasteiger partial charge in [-0.1, -0.05) is 0 Å². The lowest BCUT2D eigenvalue weighted by atomic mass is 10.1. The second kappa shape index (κ2) is 4.93. The average molecular weight is 196 g/mol. The van der Waals surface area contributed by atoms with E-state index in [0.29, 0.717) is 11.6 Å². The minimum atomic E-state index is -0.259. The highest BCUT2D eigenvalue weighted by Crippen LogP contribution is 2.17. The van der Waals surface area contributed by atoms with Gasteiger partial charge in [0, 0.05) is 17.3 Å². The molecule has 0 aliphatic carbocycles. The lowest BCUT2D eigenvalue weighted by molar-refractivity contribution is 0.175. The largest absolute Gasteiger partial charge is 0.475 e. The Kier molecular flexibility index (Phi) is 3.85. The van der Waals surface area contributed by atoms with E-state index in [1.165, 1.54) is 0 Å². The van der Waals surface area contributed by atoms with Crippen molar-refractivity contribution in [3.63, 3.8) is 0 Å². The molecule has 1 aromatic rings. The molecule has 4 heteroatoms. The summed E-state index contributed by atoms with van der Waals surface area (Å²) in [6.45, 7) is 3.57. The van der Waals surface area contributed by atoms with Crippen molar-refractivity contribution >= 4 is 0 Å². The Morgan fingerprint density at radius 2 is 2.21 bits per heavy atom. The van der Waals surface area contributed by atoms with Gasteiger partial charge in [0.25, 0.3) is 0 Å². The van der Waals surface area contributed by atoms with Gasteiger partial charge in [-0.05, 0) is 19.4 Å². The van der Waals surface area contributed by atoms with Crippen molar-refractivity contribution < 1.29 is 14.9 Å². The van der Waals surface area contributed by atoms with Gasteiger partial charge in [0.15, 0.2) is 0 Å². The summed E-state index contributed by atoms with van der Waals surface area (Å²) in [5.41, 5.74) is 2.31. The van der Waals surface area contributed by atoms with E-state index in [1.807, 2.05) is 6.92 Å². The van der Waals surface area contributed by atoms with Gasteiger partial charge in [-0.3, -0.25) is 0 Å². The van der Waals surface area contributed by atoms with Crippen LogP contribution in [0.25, 0.3) is 0 Å². The third kappa shape index (κ3) is 2.43. The Morgan fingerprint density at radius 3 is 2.71 bits per heavy atom. The first-order chi connectivity index (χ1) is 6.69. The fourth-order valence-electron chi connectivity index (χ4n) is 1.27. The molecule has 1 radical (unpaired) electrons. The maximum Gasteiger partial charge on any atom is 0.213 e. The van der Waals surface area contributed by atoms with E-state index < -0.39 is 0 Å². The van der Waals surface area contributed by atoms with Crippen LogP contribution in [0.1, 0.15) is 16.8 Å². The van der Waals surface area contributed by atoms with Crippen LogP contribution in [0.4, 0.5) is 0 Å². The average Bonchev–Trinajstić information content (AvgIpc) is 2.14. The molecule has 14 heavy (non-hydrogen) atoms. The molecule has 1 N–H and O–H groups in total. The molecule has 0 aromatic carbocycles. The summed E-state index contributed by atoms with van der Waals surface area (Å²) >= 11 is 0. The van der Waals surface area contributed by atoms with E-state index in [4.69, 9.17) is 9.84 Å². The van der Waals surface area contributed by atoms with Crippen LogP contribution in [-0.2, 0) is 11.7 Å². The third-order valence-corrected chi connectivity index (χ3v) is 2.02. The SMILES string of the molecule is Cc1cc(OCCO)nc(C)c1C[O]. The van der Waals surface area contributed by atoms with Gasteiger partial charge >= 0.3 is 0 Å². The fourth-order valence-corrected chi connectivity index (χ4v) is 1.27. The van der Waals surface area contributed by atoms with Crippen molar-refractivity contribution in [3.05, 3.63) is 22.9 Å². The number of rotatable bonds is 4. The summed E-state index contributed by atoms with van der Waals surface area (Å²) in [4.78, 5) is 4.11. The number of aliphatic hydroxyl groups is 1. The van der Waals surface area contributed by atoms with E-state index in [9.17, 15) is 5.11 Å². The fraction of sp³-hybridized carbons (Fsp3) is 0.500. The van der Waals surface area contributed by atoms with Crippen LogP contribution in [-0.4, -0.2) is 23.3 Å². The Bertz CT molecular complexity index is 289. The molecule has 1 aromatic heterocycles. The lowest BCUT2D eigenvalue weighted by Gasteiger charge is -2.09. The van der Waals surface area contributed by atoms with E-state index >= 15 is 0 Å². The van der Waals surface area contributed by atoms with Gasteiger partial charge in [0.1, 0.15) is 13.2 Å². The summed E-state index contributed by atoms with van der Waals surface area (Å²) in [6.07, 6.45) is 0.